The van der Waals surface area contributed by atoms with Gasteiger partial charge in [0.2, 0.25) is 11.8 Å². The van der Waals surface area contributed by atoms with Crippen LogP contribution in [0.4, 0.5) is 5.82 Å². The highest BCUT2D eigenvalue weighted by atomic mass is 16.5. The lowest BCUT2D eigenvalue weighted by atomic mass is 9.85. The van der Waals surface area contributed by atoms with Gasteiger partial charge in [0.25, 0.3) is 0 Å². The Morgan fingerprint density at radius 3 is 2.34 bits per heavy atom. The molecule has 2 aliphatic heterocycles. The van der Waals surface area contributed by atoms with Crippen molar-refractivity contribution in [2.45, 2.75) is 19.1 Å². The van der Waals surface area contributed by atoms with Crippen LogP contribution < -0.4 is 4.90 Å². The quantitative estimate of drug-likeness (QED) is 0.429. The van der Waals surface area contributed by atoms with Crippen LogP contribution in [0.5, 0.6) is 0 Å². The lowest BCUT2D eigenvalue weighted by Crippen LogP contribution is -2.51. The van der Waals surface area contributed by atoms with Gasteiger partial charge in [0, 0.05) is 51.3 Å². The Morgan fingerprint density at radius 2 is 1.69 bits per heavy atom. The van der Waals surface area contributed by atoms with Crippen molar-refractivity contribution >= 4 is 17.6 Å². The van der Waals surface area contributed by atoms with Crippen molar-refractivity contribution in [2.75, 3.05) is 44.2 Å². The molecule has 3 fully saturated rings. The number of amides is 2. The molecule has 8 heteroatoms. The van der Waals surface area contributed by atoms with Crippen LogP contribution in [0.25, 0.3) is 0 Å². The van der Waals surface area contributed by atoms with Gasteiger partial charge in [0.1, 0.15) is 5.82 Å². The maximum atomic E-state index is 13.3. The smallest absolute Gasteiger partial charge is 0.233 e. The van der Waals surface area contributed by atoms with Gasteiger partial charge in [-0.3, -0.25) is 24.4 Å². The van der Waals surface area contributed by atoms with E-state index in [-0.39, 0.29) is 41.6 Å². The third kappa shape index (κ3) is 4.36. The predicted octanol–water partition coefficient (Wildman–Crippen LogP) is 1.99. The number of aromatic nitrogens is 2. The Labute approximate surface area is 205 Å². The molecule has 0 spiro atoms. The summed E-state index contributed by atoms with van der Waals surface area (Å²) in [6.07, 6.45) is 10.3. The molecule has 4 heterocycles. The van der Waals surface area contributed by atoms with Crippen molar-refractivity contribution < 1.29 is 14.3 Å². The number of fused-ring (bicyclic) bond motifs is 5. The molecule has 6 rings (SSSR count). The number of imide groups is 1. The molecule has 2 bridgehead atoms. The van der Waals surface area contributed by atoms with Gasteiger partial charge in [0.05, 0.1) is 31.1 Å². The number of carbonyl (C=O) groups is 2. The molecule has 182 valence electrons. The molecule has 1 saturated carbocycles. The van der Waals surface area contributed by atoms with E-state index in [2.05, 4.69) is 31.9 Å². The molecule has 35 heavy (non-hydrogen) atoms. The maximum Gasteiger partial charge on any atom is 0.233 e. The number of rotatable bonds is 8. The van der Waals surface area contributed by atoms with Crippen LogP contribution in [0.1, 0.15) is 12.0 Å². The molecule has 8 nitrogen and oxygen atoms in total. The predicted molar refractivity (Wildman–Crippen MR) is 130 cm³/mol. The Hall–Kier alpha value is -3.10. The molecule has 2 aliphatic carbocycles. The number of ether oxygens (including phenoxy) is 1. The highest BCUT2D eigenvalue weighted by Crippen LogP contribution is 2.52. The number of anilines is 1. The fourth-order valence-electron chi connectivity index (χ4n) is 6.20. The number of pyridine rings is 2. The molecule has 0 aromatic carbocycles. The van der Waals surface area contributed by atoms with Crippen molar-refractivity contribution in [3.8, 4) is 0 Å². The van der Waals surface area contributed by atoms with Crippen LogP contribution in [-0.4, -0.2) is 77.0 Å². The topological polar surface area (TPSA) is 78.9 Å². The minimum Gasteiger partial charge on any atom is -0.370 e. The Kier molecular flexibility index (Phi) is 6.08. The van der Waals surface area contributed by atoms with Crippen LogP contribution in [-0.2, 0) is 20.9 Å². The summed E-state index contributed by atoms with van der Waals surface area (Å²) in [6.45, 7) is 4.91. The summed E-state index contributed by atoms with van der Waals surface area (Å²) in [7, 11) is 0. The molecule has 0 N–H and O–H groups in total. The molecule has 5 atom stereocenters. The van der Waals surface area contributed by atoms with Crippen LogP contribution in [0.15, 0.2) is 61.1 Å². The van der Waals surface area contributed by atoms with Crippen molar-refractivity contribution in [3.63, 3.8) is 0 Å². The Balaban J connectivity index is 1.12. The highest BCUT2D eigenvalue weighted by molar-refractivity contribution is 6.06. The SMILES string of the molecule is O=C1C2C3C=CC(C3)C2C(=O)N1CC(CN1CCN(c2ccccn2)CC1)OCc1cccnc1. The van der Waals surface area contributed by atoms with E-state index in [0.29, 0.717) is 19.7 Å². The Bertz CT molecular complexity index is 1060. The minimum absolute atomic E-state index is 0.00759. The second-order valence-electron chi connectivity index (χ2n) is 10.1. The summed E-state index contributed by atoms with van der Waals surface area (Å²) < 4.78 is 6.32. The largest absolute Gasteiger partial charge is 0.370 e. The van der Waals surface area contributed by atoms with Gasteiger partial charge in [-0.1, -0.05) is 24.3 Å². The maximum absolute atomic E-state index is 13.3. The van der Waals surface area contributed by atoms with Gasteiger partial charge < -0.3 is 9.64 Å². The summed E-state index contributed by atoms with van der Waals surface area (Å²) in [5.41, 5.74) is 0.982. The second kappa shape index (κ2) is 9.51. The van der Waals surface area contributed by atoms with Gasteiger partial charge in [-0.05, 0) is 42.0 Å². The molecule has 5 unspecified atom stereocenters. The fraction of sp³-hybridized carbons (Fsp3) is 0.481. The first kappa shape index (κ1) is 22.4. The van der Waals surface area contributed by atoms with Crippen molar-refractivity contribution in [1.29, 1.82) is 0 Å². The van der Waals surface area contributed by atoms with Crippen LogP contribution in [0.2, 0.25) is 0 Å². The highest BCUT2D eigenvalue weighted by Gasteiger charge is 2.59. The van der Waals surface area contributed by atoms with Gasteiger partial charge in [-0.25, -0.2) is 4.98 Å². The average molecular weight is 474 g/mol. The molecule has 2 aromatic rings. The summed E-state index contributed by atoms with van der Waals surface area (Å²) in [4.78, 5) is 41.3. The van der Waals surface area contributed by atoms with E-state index in [1.54, 1.807) is 12.4 Å². The zero-order chi connectivity index (χ0) is 23.8. The van der Waals surface area contributed by atoms with E-state index < -0.39 is 0 Å². The van der Waals surface area contributed by atoms with Crippen molar-refractivity contribution in [1.82, 2.24) is 19.8 Å². The fourth-order valence-corrected chi connectivity index (χ4v) is 6.20. The molecule has 4 aliphatic rings. The molecular formula is C27H31N5O3. The standard InChI is InChI=1S/C27H31N5O3/c33-26-24-20-6-7-21(14-20)25(24)27(34)32(26)17-22(35-18-19-4-3-8-28-15-19)16-30-10-12-31(13-11-30)23-5-1-2-9-29-23/h1-9,15,20-22,24-25H,10-14,16-18H2. The summed E-state index contributed by atoms with van der Waals surface area (Å²) >= 11 is 0. The van der Waals surface area contributed by atoms with E-state index in [1.165, 1.54) is 4.90 Å². The van der Waals surface area contributed by atoms with Gasteiger partial charge in [-0.2, -0.15) is 0 Å². The molecule has 2 amide bonds. The third-order valence-electron chi connectivity index (χ3n) is 7.96. The number of piperazine rings is 1. The number of likely N-dealkylation sites (tertiary alicyclic amines) is 1. The summed E-state index contributed by atoms with van der Waals surface area (Å²) in [6, 6.07) is 9.86. The minimum atomic E-state index is -0.256. The zero-order valence-corrected chi connectivity index (χ0v) is 19.8. The third-order valence-corrected chi connectivity index (χ3v) is 7.96. The van der Waals surface area contributed by atoms with E-state index in [1.807, 2.05) is 36.5 Å². The van der Waals surface area contributed by atoms with Crippen LogP contribution in [0.3, 0.4) is 0 Å². The summed E-state index contributed by atoms with van der Waals surface area (Å²) in [5.74, 6) is 1.09. The number of hydrogen-bond donors (Lipinski definition) is 0. The first-order chi connectivity index (χ1) is 17.2. The van der Waals surface area contributed by atoms with Gasteiger partial charge >= 0.3 is 0 Å². The second-order valence-corrected chi connectivity index (χ2v) is 10.1. The van der Waals surface area contributed by atoms with Crippen molar-refractivity contribution in [3.05, 3.63) is 66.6 Å². The van der Waals surface area contributed by atoms with Crippen LogP contribution >= 0.6 is 0 Å². The number of hydrogen-bond acceptors (Lipinski definition) is 7. The Morgan fingerprint density at radius 1 is 0.914 bits per heavy atom. The van der Waals surface area contributed by atoms with E-state index in [4.69, 9.17) is 4.74 Å². The summed E-state index contributed by atoms with van der Waals surface area (Å²) in [5, 5.41) is 0. The monoisotopic (exact) mass is 473 g/mol. The molecule has 2 saturated heterocycles. The number of carbonyl (C=O) groups excluding carboxylic acids is 2. The van der Waals surface area contributed by atoms with E-state index in [9.17, 15) is 9.59 Å². The lowest BCUT2D eigenvalue weighted by molar-refractivity contribution is -0.143. The van der Waals surface area contributed by atoms with Gasteiger partial charge in [0.15, 0.2) is 0 Å². The van der Waals surface area contributed by atoms with E-state index in [0.717, 1.165) is 44.0 Å². The first-order valence-electron chi connectivity index (χ1n) is 12.6. The average Bonchev–Trinajstić information content (AvgIpc) is 3.59. The number of allylic oxidation sites excluding steroid dienone is 2. The first-order valence-corrected chi connectivity index (χ1v) is 12.6. The van der Waals surface area contributed by atoms with E-state index >= 15 is 0 Å². The molecule has 0 radical (unpaired) electrons. The normalized spacial score (nSPS) is 28.7. The molecular weight excluding hydrogens is 442 g/mol. The number of nitrogens with zero attached hydrogens (tertiary/aromatic N) is 5. The van der Waals surface area contributed by atoms with Crippen LogP contribution in [0, 0.1) is 23.7 Å². The lowest BCUT2D eigenvalue weighted by Gasteiger charge is -2.37. The molecule has 2 aromatic heterocycles. The van der Waals surface area contributed by atoms with Crippen molar-refractivity contribution in [2.24, 2.45) is 23.7 Å². The van der Waals surface area contributed by atoms with Gasteiger partial charge in [-0.15, -0.1) is 0 Å². The zero-order valence-electron chi connectivity index (χ0n) is 19.8.